The smallest absolute Gasteiger partial charge is 0.186 e. The van der Waals surface area contributed by atoms with Gasteiger partial charge in [-0.2, -0.15) is 5.10 Å². The van der Waals surface area contributed by atoms with Crippen molar-refractivity contribution in [2.75, 3.05) is 12.5 Å². The molecule has 1 N–H and O–H groups in total. The number of hydrazone groups is 1. The predicted molar refractivity (Wildman–Crippen MR) is 96.4 cm³/mol. The Morgan fingerprint density at radius 1 is 1.13 bits per heavy atom. The van der Waals surface area contributed by atoms with E-state index in [1.807, 2.05) is 36.4 Å². The number of thioether (sulfide) groups is 1. The molecule has 2 aromatic rings. The van der Waals surface area contributed by atoms with Crippen LogP contribution in [0.1, 0.15) is 19.4 Å². The summed E-state index contributed by atoms with van der Waals surface area (Å²) < 4.78 is 5.11. The molecule has 0 unspecified atom stereocenters. The molecule has 0 aliphatic rings. The fraction of sp³-hybridized carbons (Fsp3) is 0.222. The Morgan fingerprint density at radius 3 is 2.30 bits per heavy atom. The van der Waals surface area contributed by atoms with Gasteiger partial charge >= 0.3 is 0 Å². The highest BCUT2D eigenvalue weighted by Crippen LogP contribution is 2.22. The van der Waals surface area contributed by atoms with Gasteiger partial charge in [-0.1, -0.05) is 30.8 Å². The van der Waals surface area contributed by atoms with Crippen molar-refractivity contribution in [1.29, 1.82) is 0 Å². The van der Waals surface area contributed by atoms with Gasteiger partial charge < -0.3 is 4.74 Å². The molecule has 0 spiro atoms. The Labute approximate surface area is 140 Å². The molecule has 4 nitrogen and oxygen atoms in total. The van der Waals surface area contributed by atoms with Crippen LogP contribution in [0.25, 0.3) is 0 Å². The van der Waals surface area contributed by atoms with E-state index in [1.165, 1.54) is 24.2 Å². The maximum Gasteiger partial charge on any atom is 0.186 e. The lowest BCUT2D eigenvalue weighted by atomic mass is 10.2. The van der Waals surface area contributed by atoms with Gasteiger partial charge in [0.05, 0.1) is 12.8 Å². The van der Waals surface area contributed by atoms with E-state index in [1.54, 1.807) is 7.11 Å². The van der Waals surface area contributed by atoms with Gasteiger partial charge in [0.2, 0.25) is 0 Å². The van der Waals surface area contributed by atoms with Crippen molar-refractivity contribution in [2.24, 2.45) is 5.10 Å². The number of ether oxygens (including phenoxy) is 1. The molecule has 0 heterocycles. The van der Waals surface area contributed by atoms with Gasteiger partial charge in [0, 0.05) is 11.8 Å². The molecule has 5 heteroatoms. The number of benzene rings is 2. The monoisotopic (exact) mass is 328 g/mol. The molecular formula is C18H20N2O2S. The van der Waals surface area contributed by atoms with Crippen LogP contribution >= 0.6 is 11.8 Å². The molecule has 0 amide bonds. The van der Waals surface area contributed by atoms with Crippen LogP contribution in [-0.2, 0) is 11.2 Å². The van der Waals surface area contributed by atoms with E-state index in [-0.39, 0.29) is 5.78 Å². The number of nitrogens with zero attached hydrogens (tertiary/aromatic N) is 1. The maximum absolute atomic E-state index is 11.8. The maximum atomic E-state index is 11.8. The number of hydrogen-bond donors (Lipinski definition) is 1. The number of aryl methyl sites for hydroxylation is 1. The first-order valence-electron chi connectivity index (χ1n) is 7.38. The number of carbonyl (C=O) groups excluding carboxylic acids is 1. The topological polar surface area (TPSA) is 50.7 Å². The summed E-state index contributed by atoms with van der Waals surface area (Å²) in [7, 11) is 1.62. The highest BCUT2D eigenvalue weighted by atomic mass is 32.2. The second kappa shape index (κ2) is 8.39. The number of anilines is 1. The van der Waals surface area contributed by atoms with Crippen molar-refractivity contribution < 1.29 is 9.53 Å². The Morgan fingerprint density at radius 2 is 1.78 bits per heavy atom. The number of Topliss-reactive ketones (excluding diaryl/α,β-unsaturated/α-hetero) is 1. The van der Waals surface area contributed by atoms with Crippen molar-refractivity contribution in [3.8, 4) is 5.75 Å². The van der Waals surface area contributed by atoms with E-state index in [0.717, 1.165) is 22.8 Å². The molecule has 2 aromatic carbocycles. The summed E-state index contributed by atoms with van der Waals surface area (Å²) in [6.45, 7) is 3.63. The number of rotatable bonds is 6. The van der Waals surface area contributed by atoms with E-state index in [2.05, 4.69) is 29.6 Å². The van der Waals surface area contributed by atoms with Crippen LogP contribution in [0.3, 0.4) is 0 Å². The second-order valence-electron chi connectivity index (χ2n) is 4.91. The number of hydrogen-bond acceptors (Lipinski definition) is 5. The fourth-order valence-corrected chi connectivity index (χ4v) is 2.59. The largest absolute Gasteiger partial charge is 0.497 e. The highest BCUT2D eigenvalue weighted by molar-refractivity contribution is 8.15. The molecular weight excluding hydrogens is 308 g/mol. The first-order chi connectivity index (χ1) is 11.1. The van der Waals surface area contributed by atoms with Crippen LogP contribution in [0.4, 0.5) is 5.69 Å². The Balaban J connectivity index is 2.08. The van der Waals surface area contributed by atoms with Crippen molar-refractivity contribution in [3.05, 3.63) is 54.1 Å². The average molecular weight is 328 g/mol. The molecule has 120 valence electrons. The van der Waals surface area contributed by atoms with Gasteiger partial charge in [-0.25, -0.2) is 0 Å². The number of carbonyl (C=O) groups is 1. The van der Waals surface area contributed by atoms with Crippen molar-refractivity contribution in [1.82, 2.24) is 0 Å². The molecule has 23 heavy (non-hydrogen) atoms. The molecule has 0 aliphatic heterocycles. The third kappa shape index (κ3) is 5.14. The minimum Gasteiger partial charge on any atom is -0.497 e. The zero-order chi connectivity index (χ0) is 16.7. The van der Waals surface area contributed by atoms with Crippen LogP contribution in [0.15, 0.2) is 58.5 Å². The van der Waals surface area contributed by atoms with E-state index < -0.39 is 0 Å². The average Bonchev–Trinajstić information content (AvgIpc) is 2.59. The zero-order valence-corrected chi connectivity index (χ0v) is 14.3. The SMILES string of the molecule is CCc1ccc(SC(=NNc2ccc(OC)cc2)C(C)=O)cc1. The lowest BCUT2D eigenvalue weighted by Crippen LogP contribution is -2.08. The molecule has 0 saturated heterocycles. The first kappa shape index (κ1) is 17.1. The number of ketones is 1. The van der Waals surface area contributed by atoms with E-state index in [9.17, 15) is 4.79 Å². The lowest BCUT2D eigenvalue weighted by molar-refractivity contribution is -0.110. The van der Waals surface area contributed by atoms with Gasteiger partial charge in [-0.15, -0.1) is 0 Å². The molecule has 0 fully saturated rings. The Hall–Kier alpha value is -2.27. The standard InChI is InChI=1S/C18H20N2O2S/c1-4-14-5-11-17(12-6-14)23-18(13(2)21)20-19-15-7-9-16(22-3)10-8-15/h5-12,19H,4H2,1-3H3. The third-order valence-corrected chi connectivity index (χ3v) is 4.30. The summed E-state index contributed by atoms with van der Waals surface area (Å²) in [5, 5.41) is 4.65. The van der Waals surface area contributed by atoms with Crippen LogP contribution in [0.5, 0.6) is 5.75 Å². The van der Waals surface area contributed by atoms with E-state index >= 15 is 0 Å². The molecule has 0 aliphatic carbocycles. The number of nitrogens with one attached hydrogen (secondary N) is 1. The summed E-state index contributed by atoms with van der Waals surface area (Å²) in [4.78, 5) is 12.8. The van der Waals surface area contributed by atoms with Crippen LogP contribution < -0.4 is 10.2 Å². The van der Waals surface area contributed by atoms with Crippen molar-refractivity contribution in [3.63, 3.8) is 0 Å². The molecule has 2 rings (SSSR count). The first-order valence-corrected chi connectivity index (χ1v) is 8.19. The number of methoxy groups -OCH3 is 1. The lowest BCUT2D eigenvalue weighted by Gasteiger charge is -2.06. The predicted octanol–water partition coefficient (Wildman–Crippen LogP) is 4.36. The fourth-order valence-electron chi connectivity index (χ4n) is 1.86. The summed E-state index contributed by atoms with van der Waals surface area (Å²) >= 11 is 1.36. The van der Waals surface area contributed by atoms with Gasteiger partial charge in [0.1, 0.15) is 5.75 Å². The van der Waals surface area contributed by atoms with Crippen LogP contribution in [-0.4, -0.2) is 17.9 Å². The molecule has 0 radical (unpaired) electrons. The molecule has 0 saturated carbocycles. The zero-order valence-electron chi connectivity index (χ0n) is 13.5. The van der Waals surface area contributed by atoms with E-state index in [4.69, 9.17) is 4.74 Å². The quantitative estimate of drug-likeness (QED) is 0.370. The van der Waals surface area contributed by atoms with Gasteiger partial charge in [0.15, 0.2) is 10.8 Å². The molecule has 0 atom stereocenters. The third-order valence-electron chi connectivity index (χ3n) is 3.22. The molecule has 0 aromatic heterocycles. The summed E-state index contributed by atoms with van der Waals surface area (Å²) in [5.41, 5.74) is 4.98. The Kier molecular flexibility index (Phi) is 6.23. The van der Waals surface area contributed by atoms with Gasteiger partial charge in [0.25, 0.3) is 0 Å². The van der Waals surface area contributed by atoms with Crippen LogP contribution in [0, 0.1) is 0 Å². The summed E-state index contributed by atoms with van der Waals surface area (Å²) in [6, 6.07) is 15.5. The summed E-state index contributed by atoms with van der Waals surface area (Å²) in [6.07, 6.45) is 0.998. The van der Waals surface area contributed by atoms with Crippen molar-refractivity contribution >= 4 is 28.3 Å². The summed E-state index contributed by atoms with van der Waals surface area (Å²) in [5.74, 6) is 0.701. The molecule has 0 bridgehead atoms. The minimum absolute atomic E-state index is 0.0735. The van der Waals surface area contributed by atoms with Crippen LogP contribution in [0.2, 0.25) is 0 Å². The van der Waals surface area contributed by atoms with Crippen molar-refractivity contribution in [2.45, 2.75) is 25.2 Å². The highest BCUT2D eigenvalue weighted by Gasteiger charge is 2.09. The van der Waals surface area contributed by atoms with E-state index in [0.29, 0.717) is 5.04 Å². The minimum atomic E-state index is -0.0735. The van der Waals surface area contributed by atoms with Gasteiger partial charge in [-0.3, -0.25) is 10.2 Å². The normalized spacial score (nSPS) is 11.2. The Bertz CT molecular complexity index is 679. The van der Waals surface area contributed by atoms with Gasteiger partial charge in [-0.05, 0) is 48.4 Å². The second-order valence-corrected chi connectivity index (χ2v) is 5.98.